The second kappa shape index (κ2) is 27.5. The van der Waals surface area contributed by atoms with Crippen molar-refractivity contribution in [2.24, 2.45) is 0 Å². The lowest BCUT2D eigenvalue weighted by molar-refractivity contribution is 0.00578. The van der Waals surface area contributed by atoms with Gasteiger partial charge < -0.3 is 9.31 Å². The third kappa shape index (κ3) is 10.5. The van der Waals surface area contributed by atoms with Crippen LogP contribution in [-0.4, -0.2) is 18.3 Å². The highest BCUT2D eigenvalue weighted by Gasteiger charge is 2.60. The van der Waals surface area contributed by atoms with Crippen LogP contribution in [0.15, 0.2) is 390 Å². The summed E-state index contributed by atoms with van der Waals surface area (Å²) in [5.41, 5.74) is 37.7. The third-order valence-corrected chi connectivity index (χ3v) is 29.5. The minimum atomic E-state index is -0.536. The Morgan fingerprint density at radius 3 is 0.746 bits per heavy atom. The van der Waals surface area contributed by atoms with Crippen molar-refractivity contribution in [3.05, 3.63) is 501 Å². The fourth-order valence-corrected chi connectivity index (χ4v) is 23.2. The number of rotatable bonds is 6. The van der Waals surface area contributed by atoms with Crippen LogP contribution in [-0.2, 0) is 41.8 Å². The van der Waals surface area contributed by atoms with Crippen LogP contribution in [0, 0.1) is 0 Å². The normalized spacial score (nSPS) is 16.9. The number of fused-ring (bicyclic) bond motifs is 24. The first-order chi connectivity index (χ1) is 57.2. The SMILES string of the molecule is CC1(C)OB(c2ccc3c(c2)C2(c4ccccc4-3)c3ccccc3C(c3ccccc3)(c3ccccc3)c3ccccc32)OC1(C)C.CC1(C)c2cc(Br)ccc2-c2ccc(-c3ccc4c(c3)C3(c5ccccc5-4)c4ccccc4C(c4ccccc4)(c4ccccc4)c4ccccc43)cc21.CC1(C)c2cc(Br)ccc2-c2ccc(Br)cc21. The van der Waals surface area contributed by atoms with Gasteiger partial charge in [0.15, 0.2) is 0 Å². The van der Waals surface area contributed by atoms with Gasteiger partial charge in [-0.25, -0.2) is 0 Å². The van der Waals surface area contributed by atoms with Gasteiger partial charge in [0.05, 0.1) is 32.9 Å². The molecule has 7 aliphatic rings. The van der Waals surface area contributed by atoms with Crippen LogP contribution in [0.5, 0.6) is 0 Å². The van der Waals surface area contributed by atoms with Gasteiger partial charge in [0.25, 0.3) is 0 Å². The first kappa shape index (κ1) is 74.5. The quantitative estimate of drug-likeness (QED) is 0.155. The van der Waals surface area contributed by atoms with Crippen molar-refractivity contribution < 1.29 is 9.31 Å². The summed E-state index contributed by atoms with van der Waals surface area (Å²) in [6.07, 6.45) is 0. The molecule has 0 saturated carbocycles. The van der Waals surface area contributed by atoms with Crippen molar-refractivity contribution in [2.75, 3.05) is 0 Å². The Kier molecular flexibility index (Phi) is 17.4. The summed E-state index contributed by atoms with van der Waals surface area (Å²) in [7, 11) is -0.451. The van der Waals surface area contributed by atoms with Gasteiger partial charge in [0.1, 0.15) is 0 Å². The molecule has 23 rings (SSSR count). The van der Waals surface area contributed by atoms with E-state index < -0.39 is 40.0 Å². The first-order valence-corrected chi connectivity index (χ1v) is 43.6. The number of hydrogen-bond donors (Lipinski definition) is 0. The Hall–Kier alpha value is -11.1. The Morgan fingerprint density at radius 2 is 0.424 bits per heavy atom. The average Bonchev–Trinajstić information content (AvgIpc) is 1.39. The van der Waals surface area contributed by atoms with E-state index in [1.165, 1.54) is 167 Å². The van der Waals surface area contributed by atoms with E-state index in [1.807, 2.05) is 0 Å². The highest BCUT2D eigenvalue weighted by atomic mass is 79.9. The van der Waals surface area contributed by atoms with Crippen LogP contribution < -0.4 is 5.46 Å². The van der Waals surface area contributed by atoms with E-state index in [1.54, 1.807) is 0 Å². The summed E-state index contributed by atoms with van der Waals surface area (Å²) in [5, 5.41) is 0. The van der Waals surface area contributed by atoms with Gasteiger partial charge in [0, 0.05) is 24.2 Å². The van der Waals surface area contributed by atoms with Gasteiger partial charge in [0.2, 0.25) is 0 Å². The highest BCUT2D eigenvalue weighted by molar-refractivity contribution is 9.11. The minimum Gasteiger partial charge on any atom is -0.399 e. The standard InChI is InChI=1S/C53H37Br.C44H37BO2.C15H12Br2/c1-51(2)48-31-34(25-28-40(48)41-30-27-38(54)33-49(41)51)35-26-29-42-39-19-9-10-20-43(39)53(50(42)32-35)46-23-13-11-21-44(46)52(36-15-5-3-6-16-36,37-17-7-4-8-18-37)45-22-12-14-24-47(45)53;1-41(2)42(3,4)47-45(46-41)32-27-28-34-33-21-11-12-22-35(33)44(40(34)29-32)38-25-15-13-23-36(38)43(30-17-7-5-8-18-30,31-19-9-6-10-20-31)37-24-14-16-26-39(37)44;1-15(2)13-7-9(16)3-5-11(13)12-6-4-10(17)8-14(12)15/h3-33H,1-2H3;5-29H,1-4H3;3-8H,1-2H3. The van der Waals surface area contributed by atoms with Gasteiger partial charge in [-0.05, 0) is 249 Å². The molecule has 0 aromatic heterocycles. The molecule has 6 heteroatoms. The zero-order valence-electron chi connectivity index (χ0n) is 67.3. The van der Waals surface area contributed by atoms with E-state index in [0.29, 0.717) is 0 Å². The van der Waals surface area contributed by atoms with E-state index in [-0.39, 0.29) is 10.8 Å². The van der Waals surface area contributed by atoms with E-state index in [4.69, 9.17) is 9.31 Å². The smallest absolute Gasteiger partial charge is 0.399 e. The lowest BCUT2D eigenvalue weighted by Gasteiger charge is -2.50. The molecule has 1 aliphatic heterocycles. The van der Waals surface area contributed by atoms with Crippen LogP contribution in [0.25, 0.3) is 55.6 Å². The average molecular weight is 1710 g/mol. The van der Waals surface area contributed by atoms with Crippen molar-refractivity contribution in [1.82, 2.24) is 0 Å². The molecule has 0 atom stereocenters. The Morgan fingerprint density at radius 1 is 0.195 bits per heavy atom. The summed E-state index contributed by atoms with van der Waals surface area (Å²) >= 11 is 10.9. The molecule has 0 amide bonds. The topological polar surface area (TPSA) is 18.5 Å². The molecule has 2 spiro atoms. The third-order valence-electron chi connectivity index (χ3n) is 28.0. The Labute approximate surface area is 719 Å². The Bertz CT molecular complexity index is 6510. The van der Waals surface area contributed by atoms with Gasteiger partial charge in [-0.2, -0.15) is 0 Å². The summed E-state index contributed by atoms with van der Waals surface area (Å²) in [6, 6.07) is 141. The molecular formula is C112H86BBr3O2. The Balaban J connectivity index is 0.000000123. The maximum atomic E-state index is 6.63. The minimum absolute atomic E-state index is 0.0816. The predicted octanol–water partition coefficient (Wildman–Crippen LogP) is 28.0. The van der Waals surface area contributed by atoms with E-state index >= 15 is 0 Å². The molecule has 0 N–H and O–H groups in total. The molecule has 2 nitrogen and oxygen atoms in total. The van der Waals surface area contributed by atoms with Gasteiger partial charge >= 0.3 is 7.12 Å². The van der Waals surface area contributed by atoms with Crippen molar-refractivity contribution in [1.29, 1.82) is 0 Å². The van der Waals surface area contributed by atoms with Crippen molar-refractivity contribution in [3.8, 4) is 55.6 Å². The molecule has 1 heterocycles. The molecular weight excluding hydrogens is 1630 g/mol. The van der Waals surface area contributed by atoms with Crippen molar-refractivity contribution in [3.63, 3.8) is 0 Å². The highest BCUT2D eigenvalue weighted by Crippen LogP contribution is 2.68. The molecule has 570 valence electrons. The fourth-order valence-electron chi connectivity index (χ4n) is 22.1. The van der Waals surface area contributed by atoms with Crippen molar-refractivity contribution in [2.45, 2.75) is 99.1 Å². The molecule has 6 aliphatic carbocycles. The van der Waals surface area contributed by atoms with Crippen LogP contribution in [0.4, 0.5) is 0 Å². The van der Waals surface area contributed by atoms with Gasteiger partial charge in [-0.1, -0.05) is 403 Å². The number of halogens is 3. The zero-order valence-corrected chi connectivity index (χ0v) is 72.1. The van der Waals surface area contributed by atoms with Crippen LogP contribution in [0.3, 0.4) is 0 Å². The van der Waals surface area contributed by atoms with Crippen molar-refractivity contribution >= 4 is 60.4 Å². The van der Waals surface area contributed by atoms with Crippen LogP contribution in [0.1, 0.15) is 167 Å². The number of benzene rings is 16. The molecule has 0 radical (unpaired) electrons. The maximum absolute atomic E-state index is 6.63. The molecule has 16 aromatic rings. The van der Waals surface area contributed by atoms with E-state index in [0.717, 1.165) is 18.9 Å². The molecule has 0 bridgehead atoms. The molecule has 16 aromatic carbocycles. The molecule has 1 saturated heterocycles. The van der Waals surface area contributed by atoms with Crippen LogP contribution >= 0.6 is 47.8 Å². The predicted molar refractivity (Wildman–Crippen MR) is 497 cm³/mol. The van der Waals surface area contributed by atoms with Crippen LogP contribution in [0.2, 0.25) is 0 Å². The lowest BCUT2D eigenvalue weighted by Crippen LogP contribution is -2.45. The molecule has 118 heavy (non-hydrogen) atoms. The second-order valence-corrected chi connectivity index (χ2v) is 37.7. The number of hydrogen-bond acceptors (Lipinski definition) is 2. The van der Waals surface area contributed by atoms with Gasteiger partial charge in [-0.3, -0.25) is 0 Å². The first-order valence-electron chi connectivity index (χ1n) is 41.3. The summed E-state index contributed by atoms with van der Waals surface area (Å²) in [6.45, 7) is 17.8. The summed E-state index contributed by atoms with van der Waals surface area (Å²) in [4.78, 5) is 0. The van der Waals surface area contributed by atoms with E-state index in [9.17, 15) is 0 Å². The second-order valence-electron chi connectivity index (χ2n) is 35.0. The zero-order chi connectivity index (χ0) is 80.5. The fraction of sp³-hybridized carbons (Fsp3) is 0.143. The largest absolute Gasteiger partial charge is 0.494 e. The monoisotopic (exact) mass is 1710 g/mol. The summed E-state index contributed by atoms with van der Waals surface area (Å²) in [5.74, 6) is 0. The molecule has 0 unspecified atom stereocenters. The lowest BCUT2D eigenvalue weighted by atomic mass is 9.51. The maximum Gasteiger partial charge on any atom is 0.494 e. The molecule has 1 fully saturated rings. The van der Waals surface area contributed by atoms with E-state index in [2.05, 4.69) is 479 Å². The van der Waals surface area contributed by atoms with Gasteiger partial charge in [-0.15, -0.1) is 0 Å². The summed E-state index contributed by atoms with van der Waals surface area (Å²) < 4.78 is 16.7.